The van der Waals surface area contributed by atoms with E-state index >= 15 is 0 Å². The fourth-order valence-corrected chi connectivity index (χ4v) is 2.70. The average Bonchev–Trinajstić information content (AvgIpc) is 2.62. The summed E-state index contributed by atoms with van der Waals surface area (Å²) in [6, 6.07) is 8.17. The molecule has 0 unspecified atom stereocenters. The molecule has 0 bridgehead atoms. The molecule has 0 saturated carbocycles. The molecule has 14 heavy (non-hydrogen) atoms. The Morgan fingerprint density at radius 2 is 2.29 bits per heavy atom. The van der Waals surface area contributed by atoms with E-state index in [4.69, 9.17) is 16.9 Å². The Balaban J connectivity index is 2.76. The van der Waals surface area contributed by atoms with Gasteiger partial charge >= 0.3 is 0 Å². The summed E-state index contributed by atoms with van der Waals surface area (Å²) in [5.74, 6) is 0.527. The van der Waals surface area contributed by atoms with Crippen LogP contribution in [0.3, 0.4) is 0 Å². The lowest BCUT2D eigenvalue weighted by Crippen LogP contribution is -1.83. The zero-order valence-electron chi connectivity index (χ0n) is 7.67. The average molecular weight is 222 g/mol. The van der Waals surface area contributed by atoms with Crippen molar-refractivity contribution in [3.63, 3.8) is 0 Å². The fraction of sp³-hybridized carbons (Fsp3) is 0.182. The first-order valence-electron chi connectivity index (χ1n) is 4.24. The molecule has 3 heteroatoms. The van der Waals surface area contributed by atoms with Gasteiger partial charge in [0.15, 0.2) is 0 Å². The lowest BCUT2D eigenvalue weighted by atomic mass is 10.1. The predicted octanol–water partition coefficient (Wildman–Crippen LogP) is 3.82. The summed E-state index contributed by atoms with van der Waals surface area (Å²) < 4.78 is 1.16. The number of thiophene rings is 1. The van der Waals surface area contributed by atoms with Crippen LogP contribution < -0.4 is 0 Å². The molecule has 0 aliphatic rings. The summed E-state index contributed by atoms with van der Waals surface area (Å²) in [5.41, 5.74) is 2.33. The van der Waals surface area contributed by atoms with E-state index in [0.29, 0.717) is 5.88 Å². The number of nitriles is 1. The van der Waals surface area contributed by atoms with Crippen LogP contribution in [-0.4, -0.2) is 0 Å². The van der Waals surface area contributed by atoms with Crippen LogP contribution in [0, 0.1) is 18.3 Å². The molecule has 0 fully saturated rings. The van der Waals surface area contributed by atoms with Crippen LogP contribution in [0.4, 0.5) is 0 Å². The molecule has 0 saturated heterocycles. The lowest BCUT2D eigenvalue weighted by Gasteiger charge is -2.01. The first kappa shape index (κ1) is 9.51. The normalized spacial score (nSPS) is 10.4. The SMILES string of the molecule is Cc1c(CCl)ccc2sc(C#N)cc12. The van der Waals surface area contributed by atoms with Gasteiger partial charge in [0.1, 0.15) is 10.9 Å². The second-order valence-corrected chi connectivity index (χ2v) is 4.47. The molecule has 1 heterocycles. The van der Waals surface area contributed by atoms with Crippen molar-refractivity contribution in [3.8, 4) is 6.07 Å². The molecule has 0 N–H and O–H groups in total. The van der Waals surface area contributed by atoms with E-state index in [-0.39, 0.29) is 0 Å². The van der Waals surface area contributed by atoms with Crippen LogP contribution in [0.2, 0.25) is 0 Å². The lowest BCUT2D eigenvalue weighted by molar-refractivity contribution is 1.34. The zero-order valence-corrected chi connectivity index (χ0v) is 9.25. The topological polar surface area (TPSA) is 23.8 Å². The highest BCUT2D eigenvalue weighted by Gasteiger charge is 2.06. The molecule has 0 aliphatic carbocycles. The molecule has 0 atom stereocenters. The van der Waals surface area contributed by atoms with Crippen molar-refractivity contribution >= 4 is 33.0 Å². The second-order valence-electron chi connectivity index (χ2n) is 3.12. The van der Waals surface area contributed by atoms with Crippen molar-refractivity contribution in [2.75, 3.05) is 0 Å². The van der Waals surface area contributed by atoms with Crippen LogP contribution in [0.5, 0.6) is 0 Å². The van der Waals surface area contributed by atoms with Gasteiger partial charge in [-0.05, 0) is 35.6 Å². The van der Waals surface area contributed by atoms with Crippen molar-refractivity contribution in [2.45, 2.75) is 12.8 Å². The molecule has 2 rings (SSSR count). The van der Waals surface area contributed by atoms with Crippen molar-refractivity contribution in [2.24, 2.45) is 0 Å². The molecule has 1 aromatic heterocycles. The van der Waals surface area contributed by atoms with Crippen LogP contribution in [0.25, 0.3) is 10.1 Å². The number of hydrogen-bond donors (Lipinski definition) is 0. The molecule has 0 radical (unpaired) electrons. The van der Waals surface area contributed by atoms with E-state index in [1.54, 1.807) is 0 Å². The summed E-state index contributed by atoms with van der Waals surface area (Å²) in [4.78, 5) is 0.759. The maximum absolute atomic E-state index is 8.79. The fourth-order valence-electron chi connectivity index (χ4n) is 1.50. The Morgan fingerprint density at radius 1 is 1.50 bits per heavy atom. The van der Waals surface area contributed by atoms with Crippen LogP contribution in [0.1, 0.15) is 16.0 Å². The molecular formula is C11H8ClNS. The van der Waals surface area contributed by atoms with Crippen LogP contribution >= 0.6 is 22.9 Å². The summed E-state index contributed by atoms with van der Waals surface area (Å²) in [5, 5.41) is 9.95. The largest absolute Gasteiger partial charge is 0.192 e. The summed E-state index contributed by atoms with van der Waals surface area (Å²) in [6.07, 6.45) is 0. The Labute approximate surface area is 91.5 Å². The van der Waals surface area contributed by atoms with E-state index in [1.165, 1.54) is 16.9 Å². The van der Waals surface area contributed by atoms with Crippen LogP contribution in [-0.2, 0) is 5.88 Å². The minimum atomic E-state index is 0.527. The highest BCUT2D eigenvalue weighted by molar-refractivity contribution is 7.19. The summed E-state index contributed by atoms with van der Waals surface area (Å²) >= 11 is 7.34. The third-order valence-corrected chi connectivity index (χ3v) is 3.63. The maximum atomic E-state index is 8.79. The van der Waals surface area contributed by atoms with E-state index in [2.05, 4.69) is 6.07 Å². The Kier molecular flexibility index (Phi) is 2.45. The minimum absolute atomic E-state index is 0.527. The monoisotopic (exact) mass is 221 g/mol. The van der Waals surface area contributed by atoms with Gasteiger partial charge in [-0.15, -0.1) is 22.9 Å². The molecule has 1 aromatic carbocycles. The molecular weight excluding hydrogens is 214 g/mol. The summed E-state index contributed by atoms with van der Waals surface area (Å²) in [6.45, 7) is 2.05. The van der Waals surface area contributed by atoms with Gasteiger partial charge < -0.3 is 0 Å². The van der Waals surface area contributed by atoms with E-state index < -0.39 is 0 Å². The second kappa shape index (κ2) is 3.61. The van der Waals surface area contributed by atoms with Crippen molar-refractivity contribution in [1.29, 1.82) is 5.26 Å². The number of benzene rings is 1. The number of halogens is 1. The minimum Gasteiger partial charge on any atom is -0.192 e. The first-order valence-corrected chi connectivity index (χ1v) is 5.59. The van der Waals surface area contributed by atoms with Crippen molar-refractivity contribution < 1.29 is 0 Å². The number of aryl methyl sites for hydroxylation is 1. The third-order valence-electron chi connectivity index (χ3n) is 2.34. The summed E-state index contributed by atoms with van der Waals surface area (Å²) in [7, 11) is 0. The van der Waals surface area contributed by atoms with Gasteiger partial charge in [-0.25, -0.2) is 0 Å². The number of fused-ring (bicyclic) bond motifs is 1. The quantitative estimate of drug-likeness (QED) is 0.672. The molecule has 0 aliphatic heterocycles. The van der Waals surface area contributed by atoms with Gasteiger partial charge in [-0.3, -0.25) is 0 Å². The zero-order chi connectivity index (χ0) is 10.1. The van der Waals surface area contributed by atoms with Gasteiger partial charge in [0.05, 0.1) is 0 Å². The number of hydrogen-bond acceptors (Lipinski definition) is 2. The van der Waals surface area contributed by atoms with Crippen molar-refractivity contribution in [3.05, 3.63) is 34.2 Å². The number of alkyl halides is 1. The number of rotatable bonds is 1. The van der Waals surface area contributed by atoms with Gasteiger partial charge in [0.2, 0.25) is 0 Å². The highest BCUT2D eigenvalue weighted by atomic mass is 35.5. The first-order chi connectivity index (χ1) is 6.76. The van der Waals surface area contributed by atoms with Gasteiger partial charge in [-0.2, -0.15) is 5.26 Å². The van der Waals surface area contributed by atoms with Crippen molar-refractivity contribution in [1.82, 2.24) is 0 Å². The molecule has 1 nitrogen and oxygen atoms in total. The standard InChI is InChI=1S/C11H8ClNS/c1-7-8(5-12)2-3-11-10(7)4-9(6-13)14-11/h2-4H,5H2,1H3. The third kappa shape index (κ3) is 1.39. The smallest absolute Gasteiger partial charge is 0.110 e. The van der Waals surface area contributed by atoms with E-state index in [1.807, 2.05) is 25.1 Å². The van der Waals surface area contributed by atoms with E-state index in [9.17, 15) is 0 Å². The molecule has 0 amide bonds. The Hall–Kier alpha value is -1.04. The Bertz CT molecular complexity index is 522. The number of nitrogens with zero attached hydrogens (tertiary/aromatic N) is 1. The molecule has 70 valence electrons. The highest BCUT2D eigenvalue weighted by Crippen LogP contribution is 2.30. The predicted molar refractivity (Wildman–Crippen MR) is 60.8 cm³/mol. The Morgan fingerprint density at radius 3 is 2.93 bits per heavy atom. The van der Waals surface area contributed by atoms with E-state index in [0.717, 1.165) is 20.5 Å². The van der Waals surface area contributed by atoms with Gasteiger partial charge in [-0.1, -0.05) is 6.07 Å². The molecule has 0 spiro atoms. The molecule has 2 aromatic rings. The van der Waals surface area contributed by atoms with Gasteiger partial charge in [0, 0.05) is 10.6 Å². The van der Waals surface area contributed by atoms with Crippen LogP contribution in [0.15, 0.2) is 18.2 Å². The maximum Gasteiger partial charge on any atom is 0.110 e. The van der Waals surface area contributed by atoms with Gasteiger partial charge in [0.25, 0.3) is 0 Å².